The number of rotatable bonds is 2. The van der Waals surface area contributed by atoms with Gasteiger partial charge in [-0.2, -0.15) is 5.10 Å². The van der Waals surface area contributed by atoms with Crippen molar-refractivity contribution in [1.82, 2.24) is 15.5 Å². The first-order valence-electron chi connectivity index (χ1n) is 7.16. The molecule has 1 aromatic heterocycles. The number of ether oxygens (including phenoxy) is 1. The Morgan fingerprint density at radius 2 is 2.10 bits per heavy atom. The number of aromatic amines is 1. The lowest BCUT2D eigenvalue weighted by Crippen LogP contribution is -2.42. The summed E-state index contributed by atoms with van der Waals surface area (Å²) in [4.78, 5) is 24.2. The topological polar surface area (TPSA) is 84.1 Å². The van der Waals surface area contributed by atoms with E-state index >= 15 is 0 Å². The van der Waals surface area contributed by atoms with Gasteiger partial charge in [-0.1, -0.05) is 18.2 Å². The molecule has 4 rings (SSSR count). The number of carbonyl (C=O) groups excluding carboxylic acids is 1. The lowest BCUT2D eigenvalue weighted by Gasteiger charge is -2.19. The van der Waals surface area contributed by atoms with E-state index in [9.17, 15) is 9.59 Å². The Labute approximate surface area is 120 Å². The Kier molecular flexibility index (Phi) is 2.78. The summed E-state index contributed by atoms with van der Waals surface area (Å²) in [5.41, 5.74) is -0.0293. The van der Waals surface area contributed by atoms with Gasteiger partial charge < -0.3 is 10.1 Å². The number of hydrogen-bond acceptors (Lipinski definition) is 4. The van der Waals surface area contributed by atoms with Crippen LogP contribution in [-0.4, -0.2) is 34.4 Å². The highest BCUT2D eigenvalue weighted by Crippen LogP contribution is 2.34. The molecule has 0 radical (unpaired) electrons. The van der Waals surface area contributed by atoms with Crippen LogP contribution < -0.4 is 10.9 Å². The number of hydrogen-bond donors (Lipinski definition) is 2. The largest absolute Gasteiger partial charge is 0.373 e. The summed E-state index contributed by atoms with van der Waals surface area (Å²) in [6.45, 7) is 0. The number of nitrogens with one attached hydrogen (secondary N) is 2. The molecule has 0 saturated carbocycles. The van der Waals surface area contributed by atoms with Gasteiger partial charge in [-0.3, -0.25) is 9.59 Å². The van der Waals surface area contributed by atoms with E-state index in [2.05, 4.69) is 15.5 Å². The second-order valence-electron chi connectivity index (χ2n) is 5.64. The molecular weight excluding hydrogens is 270 g/mol. The maximum absolute atomic E-state index is 12.5. The number of amides is 1. The second kappa shape index (κ2) is 4.66. The molecule has 3 heterocycles. The predicted octanol–water partition coefficient (Wildman–Crippen LogP) is 0.973. The van der Waals surface area contributed by atoms with Crippen LogP contribution in [0, 0.1) is 0 Å². The average Bonchev–Trinajstić information content (AvgIpc) is 3.10. The fourth-order valence-corrected chi connectivity index (χ4v) is 3.31. The van der Waals surface area contributed by atoms with E-state index in [1.54, 1.807) is 24.3 Å². The third-order valence-corrected chi connectivity index (χ3v) is 4.33. The van der Waals surface area contributed by atoms with Crippen molar-refractivity contribution in [1.29, 1.82) is 0 Å². The van der Waals surface area contributed by atoms with E-state index < -0.39 is 0 Å². The maximum Gasteiger partial charge on any atom is 0.272 e. The molecule has 1 aromatic carbocycles. The summed E-state index contributed by atoms with van der Waals surface area (Å²) in [6.07, 6.45) is 3.33. The monoisotopic (exact) mass is 285 g/mol. The van der Waals surface area contributed by atoms with E-state index in [4.69, 9.17) is 4.74 Å². The van der Waals surface area contributed by atoms with Crippen molar-refractivity contribution < 1.29 is 9.53 Å². The Hall–Kier alpha value is -2.21. The van der Waals surface area contributed by atoms with Crippen molar-refractivity contribution in [3.8, 4) is 0 Å². The van der Waals surface area contributed by atoms with Crippen molar-refractivity contribution in [2.75, 3.05) is 0 Å². The molecule has 108 valence electrons. The minimum Gasteiger partial charge on any atom is -0.373 e. The smallest absolute Gasteiger partial charge is 0.272 e. The molecule has 3 atom stereocenters. The number of carbonyl (C=O) groups is 1. The van der Waals surface area contributed by atoms with Crippen molar-refractivity contribution >= 4 is 16.7 Å². The molecule has 2 saturated heterocycles. The third-order valence-electron chi connectivity index (χ3n) is 4.33. The molecule has 3 unspecified atom stereocenters. The standard InChI is InChI=1S/C15H15N3O3/c19-14-10-4-2-1-3-9(10)13(17-18-14)15(20)16-11-7-8-5-6-12(11)21-8/h1-4,8,11-12H,5-7H2,(H,16,20)(H,18,19). The quantitative estimate of drug-likeness (QED) is 0.861. The van der Waals surface area contributed by atoms with E-state index in [0.29, 0.717) is 10.8 Å². The van der Waals surface area contributed by atoms with Crippen LogP contribution in [-0.2, 0) is 4.74 Å². The summed E-state index contributed by atoms with van der Waals surface area (Å²) in [6, 6.07) is 7.03. The van der Waals surface area contributed by atoms with Gasteiger partial charge in [-0.05, 0) is 25.3 Å². The maximum atomic E-state index is 12.5. The number of fused-ring (bicyclic) bond motifs is 3. The number of nitrogens with zero attached hydrogens (tertiary/aromatic N) is 1. The van der Waals surface area contributed by atoms with Crippen LogP contribution in [0.5, 0.6) is 0 Å². The van der Waals surface area contributed by atoms with Gasteiger partial charge in [0, 0.05) is 5.39 Å². The first-order chi connectivity index (χ1) is 10.2. The highest BCUT2D eigenvalue weighted by atomic mass is 16.5. The first-order valence-corrected chi connectivity index (χ1v) is 7.16. The van der Waals surface area contributed by atoms with Crippen LogP contribution >= 0.6 is 0 Å². The zero-order chi connectivity index (χ0) is 14.4. The van der Waals surface area contributed by atoms with Gasteiger partial charge in [0.1, 0.15) is 0 Å². The first kappa shape index (κ1) is 12.5. The van der Waals surface area contributed by atoms with Crippen molar-refractivity contribution in [3.05, 3.63) is 40.3 Å². The van der Waals surface area contributed by atoms with Gasteiger partial charge in [0.05, 0.1) is 23.6 Å². The van der Waals surface area contributed by atoms with E-state index in [1.165, 1.54) is 0 Å². The highest BCUT2D eigenvalue weighted by Gasteiger charge is 2.41. The van der Waals surface area contributed by atoms with Crippen molar-refractivity contribution in [2.45, 2.75) is 37.5 Å². The predicted molar refractivity (Wildman–Crippen MR) is 76.1 cm³/mol. The molecule has 2 aliphatic rings. The Morgan fingerprint density at radius 1 is 1.29 bits per heavy atom. The molecule has 2 bridgehead atoms. The fraction of sp³-hybridized carbons (Fsp3) is 0.400. The van der Waals surface area contributed by atoms with Crippen LogP contribution in [0.3, 0.4) is 0 Å². The Balaban J connectivity index is 1.65. The van der Waals surface area contributed by atoms with Gasteiger partial charge in [0.15, 0.2) is 5.69 Å². The Bertz CT molecular complexity index is 770. The van der Waals surface area contributed by atoms with Crippen LogP contribution in [0.25, 0.3) is 10.8 Å². The zero-order valence-corrected chi connectivity index (χ0v) is 11.3. The molecule has 2 aromatic rings. The van der Waals surface area contributed by atoms with E-state index in [-0.39, 0.29) is 35.4 Å². The molecule has 0 aliphatic carbocycles. The van der Waals surface area contributed by atoms with E-state index in [0.717, 1.165) is 19.3 Å². The number of H-pyrrole nitrogens is 1. The normalized spacial score (nSPS) is 27.1. The number of aromatic nitrogens is 2. The molecule has 6 heteroatoms. The molecule has 2 N–H and O–H groups in total. The molecule has 2 fully saturated rings. The molecule has 1 amide bonds. The highest BCUT2D eigenvalue weighted by molar-refractivity contribution is 6.04. The van der Waals surface area contributed by atoms with Crippen LogP contribution in [0.15, 0.2) is 29.1 Å². The summed E-state index contributed by atoms with van der Waals surface area (Å²) in [5.74, 6) is -0.261. The Morgan fingerprint density at radius 3 is 2.81 bits per heavy atom. The summed E-state index contributed by atoms with van der Waals surface area (Å²) >= 11 is 0. The van der Waals surface area contributed by atoms with Crippen molar-refractivity contribution in [2.24, 2.45) is 0 Å². The van der Waals surface area contributed by atoms with Crippen LogP contribution in [0.2, 0.25) is 0 Å². The summed E-state index contributed by atoms with van der Waals surface area (Å²) in [5, 5.41) is 10.3. The van der Waals surface area contributed by atoms with Gasteiger partial charge in [-0.25, -0.2) is 5.10 Å². The summed E-state index contributed by atoms with van der Waals surface area (Å²) < 4.78 is 5.74. The molecule has 0 spiro atoms. The van der Waals surface area contributed by atoms with Crippen LogP contribution in [0.4, 0.5) is 0 Å². The molecular formula is C15H15N3O3. The molecule has 6 nitrogen and oxygen atoms in total. The van der Waals surface area contributed by atoms with Crippen LogP contribution in [0.1, 0.15) is 29.8 Å². The second-order valence-corrected chi connectivity index (χ2v) is 5.64. The van der Waals surface area contributed by atoms with Gasteiger partial charge in [0.25, 0.3) is 11.5 Å². The fourth-order valence-electron chi connectivity index (χ4n) is 3.31. The van der Waals surface area contributed by atoms with Gasteiger partial charge in [0.2, 0.25) is 0 Å². The zero-order valence-electron chi connectivity index (χ0n) is 11.3. The molecule has 21 heavy (non-hydrogen) atoms. The minimum absolute atomic E-state index is 0.0451. The third kappa shape index (κ3) is 2.03. The lowest BCUT2D eigenvalue weighted by molar-refractivity contribution is 0.0838. The summed E-state index contributed by atoms with van der Waals surface area (Å²) in [7, 11) is 0. The SMILES string of the molecule is O=C(NC1CC2CCC1O2)c1n[nH]c(=O)c2ccccc12. The van der Waals surface area contributed by atoms with Gasteiger partial charge in [-0.15, -0.1) is 0 Å². The lowest BCUT2D eigenvalue weighted by atomic mass is 9.95. The van der Waals surface area contributed by atoms with Crippen molar-refractivity contribution in [3.63, 3.8) is 0 Å². The molecule has 2 aliphatic heterocycles. The number of benzene rings is 1. The minimum atomic E-state index is -0.287. The average molecular weight is 285 g/mol. The van der Waals surface area contributed by atoms with Gasteiger partial charge >= 0.3 is 0 Å². The van der Waals surface area contributed by atoms with E-state index in [1.807, 2.05) is 0 Å².